The topological polar surface area (TPSA) is 21.3 Å². The largest absolute Gasteiger partial charge is 0.377 e. The molecule has 2 saturated heterocycles. The summed E-state index contributed by atoms with van der Waals surface area (Å²) >= 11 is 0. The van der Waals surface area contributed by atoms with Crippen LogP contribution in [-0.2, 0) is 4.74 Å². The van der Waals surface area contributed by atoms with Gasteiger partial charge < -0.3 is 10.1 Å². The molecule has 0 radical (unpaired) electrons. The molecule has 2 aliphatic heterocycles. The maximum Gasteiger partial charge on any atom is 0.0740 e. The van der Waals surface area contributed by atoms with E-state index in [1.54, 1.807) is 0 Å². The molecular formula is C8H15NO. The molecule has 2 aliphatic rings. The summed E-state index contributed by atoms with van der Waals surface area (Å²) in [5.41, 5.74) is 0. The number of ether oxygens (including phenoxy) is 1. The molecule has 2 unspecified atom stereocenters. The van der Waals surface area contributed by atoms with Gasteiger partial charge in [0, 0.05) is 12.6 Å². The van der Waals surface area contributed by atoms with Gasteiger partial charge in [-0.15, -0.1) is 0 Å². The van der Waals surface area contributed by atoms with Crippen molar-refractivity contribution in [3.63, 3.8) is 0 Å². The zero-order valence-electron chi connectivity index (χ0n) is 6.31. The molecular weight excluding hydrogens is 126 g/mol. The van der Waals surface area contributed by atoms with Gasteiger partial charge in [-0.25, -0.2) is 0 Å². The average Bonchev–Trinajstić information content (AvgIpc) is 2.28. The van der Waals surface area contributed by atoms with Gasteiger partial charge in [0.15, 0.2) is 0 Å². The molecule has 2 heteroatoms. The van der Waals surface area contributed by atoms with E-state index in [0.717, 1.165) is 13.2 Å². The number of hydrogen-bond acceptors (Lipinski definition) is 2. The van der Waals surface area contributed by atoms with E-state index in [9.17, 15) is 0 Å². The Morgan fingerprint density at radius 1 is 1.20 bits per heavy atom. The van der Waals surface area contributed by atoms with Crippen LogP contribution in [0.5, 0.6) is 0 Å². The Kier molecular flexibility index (Phi) is 1.91. The first-order chi connectivity index (χ1) is 4.97. The van der Waals surface area contributed by atoms with Gasteiger partial charge in [0.1, 0.15) is 0 Å². The molecule has 2 nitrogen and oxygen atoms in total. The van der Waals surface area contributed by atoms with Gasteiger partial charge in [0.25, 0.3) is 0 Å². The molecule has 0 saturated carbocycles. The van der Waals surface area contributed by atoms with Gasteiger partial charge in [0.05, 0.1) is 6.10 Å². The lowest BCUT2D eigenvalue weighted by atomic mass is 10.1. The molecule has 2 fully saturated rings. The van der Waals surface area contributed by atoms with E-state index < -0.39 is 0 Å². The Balaban J connectivity index is 1.95. The fourth-order valence-corrected chi connectivity index (χ4v) is 1.93. The second kappa shape index (κ2) is 2.89. The number of rotatable bonds is 0. The van der Waals surface area contributed by atoms with Crippen LogP contribution in [0.15, 0.2) is 0 Å². The maximum atomic E-state index is 5.66. The third kappa shape index (κ3) is 1.18. The first kappa shape index (κ1) is 6.62. The van der Waals surface area contributed by atoms with Crippen LogP contribution < -0.4 is 5.32 Å². The van der Waals surface area contributed by atoms with Crippen molar-refractivity contribution in [3.05, 3.63) is 0 Å². The fourth-order valence-electron chi connectivity index (χ4n) is 1.93. The van der Waals surface area contributed by atoms with Crippen molar-refractivity contribution in [1.82, 2.24) is 5.32 Å². The highest BCUT2D eigenvalue weighted by Crippen LogP contribution is 2.20. The molecule has 0 aromatic rings. The molecule has 2 heterocycles. The van der Waals surface area contributed by atoms with Gasteiger partial charge in [-0.3, -0.25) is 0 Å². The molecule has 2 rings (SSSR count). The lowest BCUT2D eigenvalue weighted by molar-refractivity contribution is 0.0573. The maximum absolute atomic E-state index is 5.66. The van der Waals surface area contributed by atoms with Crippen LogP contribution in [-0.4, -0.2) is 25.3 Å². The van der Waals surface area contributed by atoms with Gasteiger partial charge >= 0.3 is 0 Å². The van der Waals surface area contributed by atoms with E-state index in [-0.39, 0.29) is 0 Å². The summed E-state index contributed by atoms with van der Waals surface area (Å²) in [6.07, 6.45) is 5.69. The smallest absolute Gasteiger partial charge is 0.0740 e. The monoisotopic (exact) mass is 141 g/mol. The Labute approximate surface area is 61.9 Å². The molecule has 10 heavy (non-hydrogen) atoms. The first-order valence-corrected chi connectivity index (χ1v) is 4.32. The SMILES string of the molecule is C1CCC2NCCC2OC1. The molecule has 0 amide bonds. The fraction of sp³-hybridized carbons (Fsp3) is 1.00. The lowest BCUT2D eigenvalue weighted by Crippen LogP contribution is -2.30. The lowest BCUT2D eigenvalue weighted by Gasteiger charge is -2.14. The van der Waals surface area contributed by atoms with Crippen molar-refractivity contribution in [3.8, 4) is 0 Å². The average molecular weight is 141 g/mol. The summed E-state index contributed by atoms with van der Waals surface area (Å²) in [5.74, 6) is 0. The first-order valence-electron chi connectivity index (χ1n) is 4.32. The summed E-state index contributed by atoms with van der Waals surface area (Å²) in [6, 6.07) is 0.683. The predicted molar refractivity (Wildman–Crippen MR) is 40.0 cm³/mol. The van der Waals surface area contributed by atoms with Crippen molar-refractivity contribution in [1.29, 1.82) is 0 Å². The van der Waals surface area contributed by atoms with Crippen molar-refractivity contribution < 1.29 is 4.74 Å². The second-order valence-corrected chi connectivity index (χ2v) is 3.25. The van der Waals surface area contributed by atoms with E-state index >= 15 is 0 Å². The van der Waals surface area contributed by atoms with Crippen molar-refractivity contribution in [2.45, 2.75) is 37.8 Å². The van der Waals surface area contributed by atoms with Crippen LogP contribution in [0.25, 0.3) is 0 Å². The molecule has 0 aromatic carbocycles. The van der Waals surface area contributed by atoms with Crippen LogP contribution in [0.4, 0.5) is 0 Å². The van der Waals surface area contributed by atoms with E-state index in [4.69, 9.17) is 4.74 Å². The van der Waals surface area contributed by atoms with Gasteiger partial charge in [-0.2, -0.15) is 0 Å². The number of fused-ring (bicyclic) bond motifs is 1. The second-order valence-electron chi connectivity index (χ2n) is 3.25. The van der Waals surface area contributed by atoms with E-state index in [2.05, 4.69) is 5.32 Å². The molecule has 1 N–H and O–H groups in total. The highest BCUT2D eigenvalue weighted by atomic mass is 16.5. The van der Waals surface area contributed by atoms with Crippen LogP contribution in [0.2, 0.25) is 0 Å². The minimum Gasteiger partial charge on any atom is -0.377 e. The molecule has 0 bridgehead atoms. The van der Waals surface area contributed by atoms with E-state index in [0.29, 0.717) is 12.1 Å². The van der Waals surface area contributed by atoms with Crippen molar-refractivity contribution in [2.24, 2.45) is 0 Å². The normalized spacial score (nSPS) is 40.8. The Hall–Kier alpha value is -0.0800. The summed E-state index contributed by atoms with van der Waals surface area (Å²) in [4.78, 5) is 0. The van der Waals surface area contributed by atoms with E-state index in [1.165, 1.54) is 25.7 Å². The van der Waals surface area contributed by atoms with Gasteiger partial charge in [-0.05, 0) is 32.2 Å². The standard InChI is InChI=1S/C8H15NO/c1-2-6-10-8-4-5-9-7(8)3-1/h7-9H,1-6H2. The minimum absolute atomic E-state index is 0.544. The quantitative estimate of drug-likeness (QED) is 0.541. The molecule has 2 atom stereocenters. The molecule has 58 valence electrons. The van der Waals surface area contributed by atoms with Crippen molar-refractivity contribution in [2.75, 3.05) is 13.2 Å². The Bertz CT molecular complexity index is 104. The number of nitrogens with one attached hydrogen (secondary N) is 1. The molecule has 0 aliphatic carbocycles. The van der Waals surface area contributed by atoms with Crippen LogP contribution in [0.3, 0.4) is 0 Å². The minimum atomic E-state index is 0.544. The molecule has 0 spiro atoms. The highest BCUT2D eigenvalue weighted by Gasteiger charge is 2.28. The summed E-state index contributed by atoms with van der Waals surface area (Å²) < 4.78 is 5.66. The predicted octanol–water partition coefficient (Wildman–Crippen LogP) is 0.917. The Morgan fingerprint density at radius 3 is 3.20 bits per heavy atom. The van der Waals surface area contributed by atoms with Crippen LogP contribution in [0, 0.1) is 0 Å². The van der Waals surface area contributed by atoms with E-state index in [1.807, 2.05) is 0 Å². The third-order valence-electron chi connectivity index (χ3n) is 2.53. The molecule has 0 aromatic heterocycles. The summed E-state index contributed by atoms with van der Waals surface area (Å²) in [7, 11) is 0. The van der Waals surface area contributed by atoms with Crippen molar-refractivity contribution >= 4 is 0 Å². The Morgan fingerprint density at radius 2 is 2.20 bits per heavy atom. The number of hydrogen-bond donors (Lipinski definition) is 1. The van der Waals surface area contributed by atoms with Gasteiger partial charge in [-0.1, -0.05) is 0 Å². The zero-order chi connectivity index (χ0) is 6.81. The third-order valence-corrected chi connectivity index (χ3v) is 2.53. The van der Waals surface area contributed by atoms with Crippen LogP contribution in [0.1, 0.15) is 25.7 Å². The zero-order valence-corrected chi connectivity index (χ0v) is 6.31. The highest BCUT2D eigenvalue weighted by molar-refractivity contribution is 4.85. The summed E-state index contributed by atoms with van der Waals surface area (Å²) in [5, 5.41) is 3.47. The summed E-state index contributed by atoms with van der Waals surface area (Å²) in [6.45, 7) is 2.15. The van der Waals surface area contributed by atoms with Gasteiger partial charge in [0.2, 0.25) is 0 Å². The van der Waals surface area contributed by atoms with Crippen LogP contribution >= 0.6 is 0 Å².